The average molecular weight is 319 g/mol. The van der Waals surface area contributed by atoms with Gasteiger partial charge in [0, 0.05) is 25.2 Å². The lowest BCUT2D eigenvalue weighted by Gasteiger charge is -2.29. The summed E-state index contributed by atoms with van der Waals surface area (Å²) in [6.07, 6.45) is 3.42. The van der Waals surface area contributed by atoms with Gasteiger partial charge in [-0.3, -0.25) is 9.69 Å². The number of rotatable bonds is 5. The van der Waals surface area contributed by atoms with Crippen molar-refractivity contribution in [1.82, 2.24) is 4.90 Å². The molecule has 2 aliphatic rings. The Morgan fingerprint density at radius 3 is 2.61 bits per heavy atom. The van der Waals surface area contributed by atoms with Crippen LogP contribution in [0.3, 0.4) is 0 Å². The number of carboxylic acids is 1. The first-order valence-electron chi connectivity index (χ1n) is 8.36. The number of hydrogen-bond acceptors (Lipinski definition) is 4. The highest BCUT2D eigenvalue weighted by atomic mass is 16.5. The summed E-state index contributed by atoms with van der Waals surface area (Å²) >= 11 is 0. The SMILES string of the molecule is COc1ccc(C2(C(=O)O)CCCC2)cc1CN1CCOCC1. The largest absolute Gasteiger partial charge is 0.496 e. The summed E-state index contributed by atoms with van der Waals surface area (Å²) in [4.78, 5) is 14.2. The molecule has 1 saturated carbocycles. The molecule has 126 valence electrons. The smallest absolute Gasteiger partial charge is 0.314 e. The first-order chi connectivity index (χ1) is 11.2. The van der Waals surface area contributed by atoms with E-state index in [-0.39, 0.29) is 0 Å². The minimum absolute atomic E-state index is 0.697. The quantitative estimate of drug-likeness (QED) is 0.903. The minimum Gasteiger partial charge on any atom is -0.496 e. The Labute approximate surface area is 137 Å². The predicted molar refractivity (Wildman–Crippen MR) is 86.9 cm³/mol. The molecule has 0 bridgehead atoms. The van der Waals surface area contributed by atoms with Crippen molar-refractivity contribution in [2.75, 3.05) is 33.4 Å². The van der Waals surface area contributed by atoms with Crippen molar-refractivity contribution in [3.8, 4) is 5.75 Å². The summed E-state index contributed by atoms with van der Waals surface area (Å²) in [5.74, 6) is 0.135. The predicted octanol–water partition coefficient (Wildman–Crippen LogP) is 2.42. The Morgan fingerprint density at radius 1 is 1.30 bits per heavy atom. The van der Waals surface area contributed by atoms with Crippen molar-refractivity contribution >= 4 is 5.97 Å². The van der Waals surface area contributed by atoms with E-state index in [0.717, 1.165) is 75.4 Å². The molecule has 1 heterocycles. The lowest BCUT2D eigenvalue weighted by Crippen LogP contribution is -2.36. The van der Waals surface area contributed by atoms with E-state index < -0.39 is 11.4 Å². The van der Waals surface area contributed by atoms with Gasteiger partial charge in [0.2, 0.25) is 0 Å². The standard InChI is InChI=1S/C18H25NO4/c1-22-16-5-4-15(18(17(20)21)6-2-3-7-18)12-14(16)13-19-8-10-23-11-9-19/h4-5,12H,2-3,6-11,13H2,1H3,(H,20,21). The molecule has 1 aromatic rings. The summed E-state index contributed by atoms with van der Waals surface area (Å²) in [6, 6.07) is 5.91. The molecule has 0 unspecified atom stereocenters. The summed E-state index contributed by atoms with van der Waals surface area (Å²) in [7, 11) is 1.67. The summed E-state index contributed by atoms with van der Waals surface area (Å²) in [6.45, 7) is 4.08. The van der Waals surface area contributed by atoms with Crippen molar-refractivity contribution < 1.29 is 19.4 Å². The highest BCUT2D eigenvalue weighted by molar-refractivity contribution is 5.82. The van der Waals surface area contributed by atoms with Crippen LogP contribution >= 0.6 is 0 Å². The zero-order valence-electron chi connectivity index (χ0n) is 13.7. The summed E-state index contributed by atoms with van der Waals surface area (Å²) in [5, 5.41) is 9.80. The maximum atomic E-state index is 11.9. The number of benzene rings is 1. The fourth-order valence-electron chi connectivity index (χ4n) is 3.80. The van der Waals surface area contributed by atoms with Crippen LogP contribution in [0.2, 0.25) is 0 Å². The number of carbonyl (C=O) groups is 1. The number of methoxy groups -OCH3 is 1. The second-order valence-electron chi connectivity index (χ2n) is 6.51. The zero-order valence-corrected chi connectivity index (χ0v) is 13.7. The monoisotopic (exact) mass is 319 g/mol. The molecule has 1 N–H and O–H groups in total. The summed E-state index contributed by atoms with van der Waals surface area (Å²) < 4.78 is 10.9. The van der Waals surface area contributed by atoms with E-state index >= 15 is 0 Å². The van der Waals surface area contributed by atoms with E-state index in [1.807, 2.05) is 18.2 Å². The molecule has 0 aromatic heterocycles. The molecule has 1 aliphatic carbocycles. The van der Waals surface area contributed by atoms with E-state index in [1.165, 1.54) is 0 Å². The molecular formula is C18H25NO4. The third-order valence-electron chi connectivity index (χ3n) is 5.20. The second kappa shape index (κ2) is 6.89. The van der Waals surface area contributed by atoms with Crippen LogP contribution in [0.5, 0.6) is 5.75 Å². The number of ether oxygens (including phenoxy) is 2. The van der Waals surface area contributed by atoms with E-state index in [1.54, 1.807) is 7.11 Å². The number of hydrogen-bond donors (Lipinski definition) is 1. The molecule has 0 radical (unpaired) electrons. The molecule has 1 aliphatic heterocycles. The molecule has 23 heavy (non-hydrogen) atoms. The zero-order chi connectivity index (χ0) is 16.3. The Kier molecular flexibility index (Phi) is 4.87. The van der Waals surface area contributed by atoms with Crippen molar-refractivity contribution in [2.24, 2.45) is 0 Å². The Hall–Kier alpha value is -1.59. The first-order valence-corrected chi connectivity index (χ1v) is 8.36. The second-order valence-corrected chi connectivity index (χ2v) is 6.51. The number of nitrogens with zero attached hydrogens (tertiary/aromatic N) is 1. The summed E-state index contributed by atoms with van der Waals surface area (Å²) in [5.41, 5.74) is 1.28. The molecule has 1 saturated heterocycles. The van der Waals surface area contributed by atoms with Gasteiger partial charge in [-0.15, -0.1) is 0 Å². The van der Waals surface area contributed by atoms with Crippen LogP contribution < -0.4 is 4.74 Å². The van der Waals surface area contributed by atoms with Gasteiger partial charge in [0.05, 0.1) is 25.7 Å². The van der Waals surface area contributed by atoms with Crippen LogP contribution in [0.4, 0.5) is 0 Å². The van der Waals surface area contributed by atoms with Crippen molar-refractivity contribution in [2.45, 2.75) is 37.6 Å². The number of morpholine rings is 1. The number of carboxylic acid groups (broad SMARTS) is 1. The molecule has 0 atom stereocenters. The normalized spacial score (nSPS) is 21.3. The van der Waals surface area contributed by atoms with Gasteiger partial charge in [-0.1, -0.05) is 18.9 Å². The Bertz CT molecular complexity index is 560. The third-order valence-corrected chi connectivity index (χ3v) is 5.20. The van der Waals surface area contributed by atoms with Crippen LogP contribution in [-0.2, 0) is 21.5 Å². The van der Waals surface area contributed by atoms with E-state index in [9.17, 15) is 9.90 Å². The van der Waals surface area contributed by atoms with Crippen molar-refractivity contribution in [1.29, 1.82) is 0 Å². The van der Waals surface area contributed by atoms with Crippen LogP contribution in [0.15, 0.2) is 18.2 Å². The van der Waals surface area contributed by atoms with Gasteiger partial charge in [0.25, 0.3) is 0 Å². The van der Waals surface area contributed by atoms with Crippen LogP contribution in [-0.4, -0.2) is 49.4 Å². The van der Waals surface area contributed by atoms with Crippen LogP contribution in [0.1, 0.15) is 36.8 Å². The van der Waals surface area contributed by atoms with Crippen molar-refractivity contribution in [3.63, 3.8) is 0 Å². The maximum absolute atomic E-state index is 11.9. The van der Waals surface area contributed by atoms with Gasteiger partial charge < -0.3 is 14.6 Å². The lowest BCUT2D eigenvalue weighted by atomic mass is 9.78. The molecule has 5 nitrogen and oxygen atoms in total. The van der Waals surface area contributed by atoms with Gasteiger partial charge in [0.15, 0.2) is 0 Å². The van der Waals surface area contributed by atoms with Gasteiger partial charge in [-0.2, -0.15) is 0 Å². The van der Waals surface area contributed by atoms with Gasteiger partial charge in [0.1, 0.15) is 5.75 Å². The van der Waals surface area contributed by atoms with Crippen molar-refractivity contribution in [3.05, 3.63) is 29.3 Å². The van der Waals surface area contributed by atoms with Crippen LogP contribution in [0, 0.1) is 0 Å². The molecule has 0 amide bonds. The lowest BCUT2D eigenvalue weighted by molar-refractivity contribution is -0.143. The van der Waals surface area contributed by atoms with E-state index in [4.69, 9.17) is 9.47 Å². The van der Waals surface area contributed by atoms with Gasteiger partial charge in [-0.05, 0) is 30.5 Å². The number of aliphatic carboxylic acids is 1. The van der Waals surface area contributed by atoms with Gasteiger partial charge >= 0.3 is 5.97 Å². The third kappa shape index (κ3) is 3.21. The molecule has 0 spiro atoms. The molecular weight excluding hydrogens is 294 g/mol. The average Bonchev–Trinajstić information content (AvgIpc) is 3.07. The molecule has 2 fully saturated rings. The Balaban J connectivity index is 1.90. The Morgan fingerprint density at radius 2 is 2.00 bits per heavy atom. The van der Waals surface area contributed by atoms with E-state index in [2.05, 4.69) is 4.90 Å². The molecule has 5 heteroatoms. The highest BCUT2D eigenvalue weighted by Gasteiger charge is 2.43. The minimum atomic E-state index is -0.716. The molecule has 1 aromatic carbocycles. The topological polar surface area (TPSA) is 59.0 Å². The first kappa shape index (κ1) is 16.3. The van der Waals surface area contributed by atoms with Crippen LogP contribution in [0.25, 0.3) is 0 Å². The maximum Gasteiger partial charge on any atom is 0.314 e. The van der Waals surface area contributed by atoms with Gasteiger partial charge in [-0.25, -0.2) is 0 Å². The molecule has 3 rings (SSSR count). The van der Waals surface area contributed by atoms with E-state index in [0.29, 0.717) is 0 Å². The highest BCUT2D eigenvalue weighted by Crippen LogP contribution is 2.42. The fraction of sp³-hybridized carbons (Fsp3) is 0.611. The fourth-order valence-corrected chi connectivity index (χ4v) is 3.80.